The first-order valence-corrected chi connectivity index (χ1v) is 6.63. The summed E-state index contributed by atoms with van der Waals surface area (Å²) in [5.74, 6) is 0.724. The highest BCUT2D eigenvalue weighted by Gasteiger charge is 2.59. The molecule has 4 nitrogen and oxygen atoms in total. The van der Waals surface area contributed by atoms with Crippen molar-refractivity contribution in [1.29, 1.82) is 0 Å². The second kappa shape index (κ2) is 6.22. The van der Waals surface area contributed by atoms with Gasteiger partial charge in [-0.3, -0.25) is 4.79 Å². The van der Waals surface area contributed by atoms with E-state index in [1.165, 1.54) is 0 Å². The lowest BCUT2D eigenvalue weighted by atomic mass is 9.57. The van der Waals surface area contributed by atoms with E-state index in [1.807, 2.05) is 7.05 Å². The summed E-state index contributed by atoms with van der Waals surface area (Å²) in [6, 6.07) is 0.303. The first-order chi connectivity index (χ1) is 8.07. The molecular weight excluding hydrogens is 252 g/mol. The predicted octanol–water partition coefficient (Wildman–Crippen LogP) is 1.34. The van der Waals surface area contributed by atoms with Gasteiger partial charge in [0.1, 0.15) is 0 Å². The zero-order valence-corrected chi connectivity index (χ0v) is 12.3. The van der Waals surface area contributed by atoms with Gasteiger partial charge in [-0.1, -0.05) is 13.8 Å². The quantitative estimate of drug-likeness (QED) is 0.745. The van der Waals surface area contributed by atoms with Crippen LogP contribution in [0.2, 0.25) is 0 Å². The van der Waals surface area contributed by atoms with E-state index in [4.69, 9.17) is 4.74 Å². The Morgan fingerprint density at radius 3 is 2.83 bits per heavy atom. The Balaban J connectivity index is 0.00000162. The van der Waals surface area contributed by atoms with Gasteiger partial charge in [0.15, 0.2) is 0 Å². The van der Waals surface area contributed by atoms with Gasteiger partial charge in [-0.15, -0.1) is 12.4 Å². The van der Waals surface area contributed by atoms with Gasteiger partial charge in [0.25, 0.3) is 0 Å². The molecule has 3 unspecified atom stereocenters. The van der Waals surface area contributed by atoms with Crippen LogP contribution >= 0.6 is 12.4 Å². The highest BCUT2D eigenvalue weighted by molar-refractivity contribution is 5.85. The zero-order chi connectivity index (χ0) is 12.5. The van der Waals surface area contributed by atoms with Crippen molar-refractivity contribution < 1.29 is 9.53 Å². The number of carbonyl (C=O) groups excluding carboxylic acids is 1. The summed E-state index contributed by atoms with van der Waals surface area (Å²) in [6.45, 7) is 6.14. The van der Waals surface area contributed by atoms with Gasteiger partial charge in [-0.2, -0.15) is 0 Å². The molecule has 0 spiro atoms. The third-order valence-electron chi connectivity index (χ3n) is 4.25. The van der Waals surface area contributed by atoms with Crippen molar-refractivity contribution in [2.75, 3.05) is 20.2 Å². The van der Waals surface area contributed by atoms with Crippen LogP contribution in [-0.2, 0) is 9.53 Å². The Morgan fingerprint density at radius 1 is 1.44 bits per heavy atom. The number of fused-ring (bicyclic) bond motifs is 1. The topological polar surface area (TPSA) is 50.4 Å². The first kappa shape index (κ1) is 15.7. The lowest BCUT2D eigenvalue weighted by Crippen LogP contribution is -2.66. The van der Waals surface area contributed by atoms with Gasteiger partial charge >= 0.3 is 0 Å². The standard InChI is InChI=1S/C13H24N2O2.ClH/c1-13(2)11(9-6-8-17-12(9)13)15-10(16)5-4-7-14-3;/h9,11-12,14H,4-8H2,1-3H3,(H,15,16);1H. The molecular formula is C13H25ClN2O2. The Hall–Kier alpha value is -0.320. The number of halogens is 1. The van der Waals surface area contributed by atoms with E-state index < -0.39 is 0 Å². The van der Waals surface area contributed by atoms with Crippen LogP contribution in [0, 0.1) is 11.3 Å². The maximum absolute atomic E-state index is 11.8. The first-order valence-electron chi connectivity index (χ1n) is 6.63. The highest BCUT2D eigenvalue weighted by Crippen LogP contribution is 2.52. The molecule has 0 bridgehead atoms. The molecule has 1 aliphatic carbocycles. The molecule has 0 aromatic carbocycles. The molecule has 1 amide bonds. The minimum Gasteiger partial charge on any atom is -0.377 e. The zero-order valence-electron chi connectivity index (χ0n) is 11.5. The summed E-state index contributed by atoms with van der Waals surface area (Å²) in [6.07, 6.45) is 2.96. The van der Waals surface area contributed by atoms with E-state index in [2.05, 4.69) is 24.5 Å². The monoisotopic (exact) mass is 276 g/mol. The van der Waals surface area contributed by atoms with Crippen molar-refractivity contribution in [3.8, 4) is 0 Å². The Bertz CT molecular complexity index is 297. The van der Waals surface area contributed by atoms with E-state index in [9.17, 15) is 4.79 Å². The van der Waals surface area contributed by atoms with Crippen molar-refractivity contribution in [2.45, 2.75) is 45.3 Å². The smallest absolute Gasteiger partial charge is 0.220 e. The molecule has 1 saturated carbocycles. The van der Waals surface area contributed by atoms with Crippen LogP contribution in [0.1, 0.15) is 33.1 Å². The lowest BCUT2D eigenvalue weighted by molar-refractivity contribution is -0.137. The molecule has 0 aromatic rings. The maximum Gasteiger partial charge on any atom is 0.220 e. The van der Waals surface area contributed by atoms with Crippen LogP contribution in [0.5, 0.6) is 0 Å². The van der Waals surface area contributed by atoms with Crippen LogP contribution in [0.4, 0.5) is 0 Å². The summed E-state index contributed by atoms with van der Waals surface area (Å²) in [5.41, 5.74) is 0.0971. The fourth-order valence-electron chi connectivity index (χ4n) is 3.29. The number of hydrogen-bond acceptors (Lipinski definition) is 3. The Kier molecular flexibility index (Phi) is 5.44. The normalized spacial score (nSPS) is 32.1. The van der Waals surface area contributed by atoms with Crippen LogP contribution in [0.25, 0.3) is 0 Å². The number of nitrogens with one attached hydrogen (secondary N) is 2. The van der Waals surface area contributed by atoms with Gasteiger partial charge in [0, 0.05) is 30.4 Å². The summed E-state index contributed by atoms with van der Waals surface area (Å²) >= 11 is 0. The Labute approximate surface area is 116 Å². The third kappa shape index (κ3) is 2.81. The number of carbonyl (C=O) groups is 1. The van der Waals surface area contributed by atoms with E-state index >= 15 is 0 Å². The van der Waals surface area contributed by atoms with E-state index in [0.29, 0.717) is 24.5 Å². The number of hydrogen-bond donors (Lipinski definition) is 2. The SMILES string of the molecule is CNCCCC(=O)NC1C2CCOC2C1(C)C.Cl. The van der Waals surface area contributed by atoms with Crippen molar-refractivity contribution in [3.63, 3.8) is 0 Å². The second-order valence-electron chi connectivity index (χ2n) is 5.82. The van der Waals surface area contributed by atoms with Crippen LogP contribution < -0.4 is 10.6 Å². The minimum absolute atomic E-state index is 0. The van der Waals surface area contributed by atoms with Gasteiger partial charge in [0.05, 0.1) is 6.10 Å². The van der Waals surface area contributed by atoms with Crippen molar-refractivity contribution in [3.05, 3.63) is 0 Å². The minimum atomic E-state index is 0. The van der Waals surface area contributed by atoms with Gasteiger partial charge < -0.3 is 15.4 Å². The lowest BCUT2D eigenvalue weighted by Gasteiger charge is -2.54. The molecule has 2 rings (SSSR count). The molecule has 1 aliphatic heterocycles. The molecule has 5 heteroatoms. The number of rotatable bonds is 5. The van der Waals surface area contributed by atoms with Gasteiger partial charge in [-0.05, 0) is 26.4 Å². The van der Waals surface area contributed by atoms with Crippen LogP contribution in [-0.4, -0.2) is 38.3 Å². The predicted molar refractivity (Wildman–Crippen MR) is 74.0 cm³/mol. The molecule has 106 valence electrons. The fraction of sp³-hybridized carbons (Fsp3) is 0.923. The average Bonchev–Trinajstić information content (AvgIpc) is 2.73. The van der Waals surface area contributed by atoms with Crippen LogP contribution in [0.15, 0.2) is 0 Å². The summed E-state index contributed by atoms with van der Waals surface area (Å²) in [7, 11) is 1.91. The second-order valence-corrected chi connectivity index (χ2v) is 5.82. The molecule has 2 fully saturated rings. The largest absolute Gasteiger partial charge is 0.377 e. The van der Waals surface area contributed by atoms with E-state index in [0.717, 1.165) is 26.0 Å². The van der Waals surface area contributed by atoms with Gasteiger partial charge in [0.2, 0.25) is 5.91 Å². The molecule has 0 aromatic heterocycles. The van der Waals surface area contributed by atoms with Crippen molar-refractivity contribution >= 4 is 18.3 Å². The average molecular weight is 277 g/mol. The summed E-state index contributed by atoms with van der Waals surface area (Å²) in [5, 5.41) is 6.25. The number of amides is 1. The maximum atomic E-state index is 11.8. The third-order valence-corrected chi connectivity index (χ3v) is 4.25. The number of ether oxygens (including phenoxy) is 1. The molecule has 1 heterocycles. The molecule has 2 aliphatic rings. The highest BCUT2D eigenvalue weighted by atomic mass is 35.5. The summed E-state index contributed by atoms with van der Waals surface area (Å²) in [4.78, 5) is 11.8. The summed E-state index contributed by atoms with van der Waals surface area (Å²) < 4.78 is 5.72. The van der Waals surface area contributed by atoms with Crippen molar-refractivity contribution in [1.82, 2.24) is 10.6 Å². The fourth-order valence-corrected chi connectivity index (χ4v) is 3.29. The molecule has 1 saturated heterocycles. The molecule has 3 atom stereocenters. The van der Waals surface area contributed by atoms with Crippen molar-refractivity contribution in [2.24, 2.45) is 11.3 Å². The van der Waals surface area contributed by atoms with E-state index in [-0.39, 0.29) is 23.7 Å². The molecule has 0 radical (unpaired) electrons. The molecule has 2 N–H and O–H groups in total. The Morgan fingerprint density at radius 2 is 2.17 bits per heavy atom. The van der Waals surface area contributed by atoms with Gasteiger partial charge in [-0.25, -0.2) is 0 Å². The molecule has 18 heavy (non-hydrogen) atoms. The van der Waals surface area contributed by atoms with Crippen LogP contribution in [0.3, 0.4) is 0 Å². The van der Waals surface area contributed by atoms with E-state index in [1.54, 1.807) is 0 Å².